The molecule has 0 spiro atoms. The highest BCUT2D eigenvalue weighted by atomic mass is 35.5. The van der Waals surface area contributed by atoms with Gasteiger partial charge in [0.1, 0.15) is 10.6 Å². The molecule has 0 aromatic heterocycles. The van der Waals surface area contributed by atoms with Crippen molar-refractivity contribution in [1.82, 2.24) is 5.32 Å². The fraction of sp³-hybridized carbons (Fsp3) is 0.500. The zero-order valence-corrected chi connectivity index (χ0v) is 11.0. The van der Waals surface area contributed by atoms with E-state index in [9.17, 15) is 5.11 Å². The molecule has 0 saturated carbocycles. The van der Waals surface area contributed by atoms with Crippen LogP contribution in [0.3, 0.4) is 0 Å². The van der Waals surface area contributed by atoms with Crippen LogP contribution >= 0.6 is 11.6 Å². The average Bonchev–Trinajstić information content (AvgIpc) is 2.59. The minimum absolute atomic E-state index is 0.0538. The smallest absolute Gasteiger partial charge is 0.244 e. The molecule has 2 N–H and O–H groups in total. The summed E-state index contributed by atoms with van der Waals surface area (Å²) in [4.78, 5) is 0. The van der Waals surface area contributed by atoms with Gasteiger partial charge < -0.3 is 15.2 Å². The van der Waals surface area contributed by atoms with Crippen LogP contribution in [-0.2, 0) is 10.3 Å². The Labute approximate surface area is 111 Å². The summed E-state index contributed by atoms with van der Waals surface area (Å²) in [6.07, 6.45) is 0.719. The first-order valence-electron chi connectivity index (χ1n) is 5.60. The third-order valence-electron chi connectivity index (χ3n) is 3.08. The van der Waals surface area contributed by atoms with Crippen molar-refractivity contribution in [3.63, 3.8) is 0 Å². The van der Waals surface area contributed by atoms with Crippen LogP contribution in [0.25, 0.3) is 0 Å². The lowest BCUT2D eigenvalue weighted by Crippen LogP contribution is -2.34. The van der Waals surface area contributed by atoms with Crippen LogP contribution in [0.2, 0.25) is 10.0 Å². The molecule has 2 rings (SSSR count). The van der Waals surface area contributed by atoms with Crippen LogP contribution in [0, 0.1) is 11.6 Å². The number of ether oxygens (including phenoxy) is 1. The summed E-state index contributed by atoms with van der Waals surface area (Å²) in [5.41, 5.74) is 0.234. The second-order valence-corrected chi connectivity index (χ2v) is 4.99. The Balaban J connectivity index is 2.35. The first-order chi connectivity index (χ1) is 8.18. The third-order valence-corrected chi connectivity index (χ3v) is 3.86. The second kappa shape index (κ2) is 5.55. The molecule has 0 bridgehead atoms. The van der Waals surface area contributed by atoms with E-state index in [0.29, 0.717) is 16.7 Å². The normalized spacial score (nSPS) is 25.6. The van der Waals surface area contributed by atoms with Crippen molar-refractivity contribution in [2.75, 3.05) is 26.3 Å². The van der Waals surface area contributed by atoms with Gasteiger partial charge in [0, 0.05) is 12.6 Å². The SMILES string of the molecule is OC[C@@]1(c2ccc([ClH+])c(Cl)c2)CCNCCO1. The molecule has 1 heterocycles. The van der Waals surface area contributed by atoms with Gasteiger partial charge in [-0.25, -0.2) is 0 Å². The van der Waals surface area contributed by atoms with Gasteiger partial charge in [-0.3, -0.25) is 0 Å². The van der Waals surface area contributed by atoms with Crippen molar-refractivity contribution in [3.8, 4) is 0 Å². The Hall–Kier alpha value is -0.320. The van der Waals surface area contributed by atoms with Crippen LogP contribution in [0.5, 0.6) is 0 Å². The predicted octanol–water partition coefficient (Wildman–Crippen LogP) is 1.23. The zero-order chi connectivity index (χ0) is 12.3. The van der Waals surface area contributed by atoms with Gasteiger partial charge in [-0.2, -0.15) is 0 Å². The lowest BCUT2D eigenvalue weighted by Gasteiger charge is -2.30. The standard InChI is InChI=1S/C12H16Cl2NO2/c13-10-2-1-9(7-11(10)14)12(8-16)3-4-15-5-6-17-12/h1-2,7,13,15-16H,3-6,8H2/q+1/t12-/m1/s1. The van der Waals surface area contributed by atoms with Crippen LogP contribution in [0.15, 0.2) is 18.2 Å². The summed E-state index contributed by atoms with van der Waals surface area (Å²) in [6, 6.07) is 5.47. The van der Waals surface area contributed by atoms with E-state index >= 15 is 0 Å². The topological polar surface area (TPSA) is 41.5 Å². The highest BCUT2D eigenvalue weighted by Crippen LogP contribution is 2.32. The minimum atomic E-state index is -0.657. The van der Waals surface area contributed by atoms with Crippen LogP contribution in [-0.4, -0.2) is 31.4 Å². The molecule has 3 nitrogen and oxygen atoms in total. The van der Waals surface area contributed by atoms with Gasteiger partial charge in [-0.15, -0.1) is 0 Å². The minimum Gasteiger partial charge on any atom is -0.393 e. The van der Waals surface area contributed by atoms with Gasteiger partial charge >= 0.3 is 0 Å². The third kappa shape index (κ3) is 2.75. The summed E-state index contributed by atoms with van der Waals surface area (Å²) in [7, 11) is 0. The maximum Gasteiger partial charge on any atom is 0.244 e. The summed E-state index contributed by atoms with van der Waals surface area (Å²) < 4.78 is 5.82. The molecule has 94 valence electrons. The molecule has 1 aromatic carbocycles. The van der Waals surface area contributed by atoms with E-state index in [1.807, 2.05) is 6.07 Å². The van der Waals surface area contributed by atoms with Crippen LogP contribution in [0.4, 0.5) is 0 Å². The van der Waals surface area contributed by atoms with Gasteiger partial charge in [0.15, 0.2) is 11.6 Å². The van der Waals surface area contributed by atoms with Crippen molar-refractivity contribution in [2.45, 2.75) is 12.0 Å². The molecule has 1 fully saturated rings. The zero-order valence-electron chi connectivity index (χ0n) is 9.41. The van der Waals surface area contributed by atoms with E-state index in [1.54, 1.807) is 12.1 Å². The highest BCUT2D eigenvalue weighted by Gasteiger charge is 2.34. The van der Waals surface area contributed by atoms with Crippen LogP contribution < -0.4 is 5.32 Å². The number of hydrogen-bond donors (Lipinski definition) is 2. The van der Waals surface area contributed by atoms with Crippen LogP contribution in [0.1, 0.15) is 12.0 Å². The first-order valence-corrected chi connectivity index (χ1v) is 6.39. The second-order valence-electron chi connectivity index (χ2n) is 4.15. The number of aliphatic hydroxyl groups excluding tert-OH is 1. The van der Waals surface area contributed by atoms with Crippen molar-refractivity contribution in [1.29, 1.82) is 0 Å². The lowest BCUT2D eigenvalue weighted by atomic mass is 9.91. The number of hydrogen-bond acceptors (Lipinski definition) is 3. The van der Waals surface area contributed by atoms with Gasteiger partial charge in [0.2, 0.25) is 5.02 Å². The van der Waals surface area contributed by atoms with E-state index in [0.717, 1.165) is 25.1 Å². The average molecular weight is 277 g/mol. The monoisotopic (exact) mass is 276 g/mol. The quantitative estimate of drug-likeness (QED) is 0.854. The molecule has 1 aromatic rings. The van der Waals surface area contributed by atoms with E-state index in [1.165, 1.54) is 0 Å². The summed E-state index contributed by atoms with van der Waals surface area (Å²) in [6.45, 7) is 2.14. The molecule has 1 aliphatic heterocycles. The molecule has 17 heavy (non-hydrogen) atoms. The molecule has 0 amide bonds. The molecular formula is C12H16Cl2NO2+. The van der Waals surface area contributed by atoms with Gasteiger partial charge in [0.25, 0.3) is 0 Å². The van der Waals surface area contributed by atoms with Crippen molar-refractivity contribution in [3.05, 3.63) is 33.8 Å². The Morgan fingerprint density at radius 3 is 3.00 bits per heavy atom. The van der Waals surface area contributed by atoms with E-state index < -0.39 is 5.60 Å². The first kappa shape index (κ1) is 13.1. The Morgan fingerprint density at radius 1 is 1.47 bits per heavy atom. The molecule has 1 aliphatic rings. The highest BCUT2D eigenvalue weighted by molar-refractivity contribution is 6.31. The Morgan fingerprint density at radius 2 is 2.29 bits per heavy atom. The van der Waals surface area contributed by atoms with E-state index in [4.69, 9.17) is 27.9 Å². The van der Waals surface area contributed by atoms with E-state index in [-0.39, 0.29) is 6.61 Å². The van der Waals surface area contributed by atoms with Crippen molar-refractivity contribution >= 4 is 11.6 Å². The molecule has 1 saturated heterocycles. The molecule has 1 atom stereocenters. The maximum absolute atomic E-state index is 9.66. The molecule has 5 heteroatoms. The Kier molecular flexibility index (Phi) is 4.28. The molecule has 0 unspecified atom stereocenters. The van der Waals surface area contributed by atoms with Gasteiger partial charge in [-0.05, 0) is 24.6 Å². The summed E-state index contributed by atoms with van der Waals surface area (Å²) in [5, 5.41) is 14.1. The van der Waals surface area contributed by atoms with Gasteiger partial charge in [-0.1, -0.05) is 17.7 Å². The number of benzene rings is 1. The predicted molar refractivity (Wildman–Crippen MR) is 64.2 cm³/mol. The van der Waals surface area contributed by atoms with Gasteiger partial charge in [0.05, 0.1) is 13.2 Å². The summed E-state index contributed by atoms with van der Waals surface area (Å²) >= 11 is 11.1. The Bertz CT molecular complexity index is 390. The molecular weight excluding hydrogens is 261 g/mol. The molecule has 0 radical (unpaired) electrons. The lowest BCUT2D eigenvalue weighted by molar-refractivity contribution is -0.288. The molecule has 0 aliphatic carbocycles. The number of nitrogens with one attached hydrogen (secondary N) is 1. The fourth-order valence-corrected chi connectivity index (χ4v) is 2.34. The fourth-order valence-electron chi connectivity index (χ4n) is 2.03. The number of halogens is 2. The summed E-state index contributed by atoms with van der Waals surface area (Å²) in [5.74, 6) is 0. The largest absolute Gasteiger partial charge is 0.393 e. The maximum atomic E-state index is 9.66. The van der Waals surface area contributed by atoms with Crippen molar-refractivity contribution < 1.29 is 21.4 Å². The van der Waals surface area contributed by atoms with E-state index in [2.05, 4.69) is 5.32 Å². The number of rotatable bonds is 2. The van der Waals surface area contributed by atoms with Crippen molar-refractivity contribution in [2.24, 2.45) is 0 Å². The number of aliphatic hydroxyl groups is 1.